The molecule has 0 radical (unpaired) electrons. The van der Waals surface area contributed by atoms with Crippen LogP contribution in [0.4, 0.5) is 10.1 Å². The lowest BCUT2D eigenvalue weighted by atomic mass is 9.68. The smallest absolute Gasteiger partial charge is 0.264 e. The molecule has 7 nitrogen and oxygen atoms in total. The van der Waals surface area contributed by atoms with Crippen molar-refractivity contribution in [1.82, 2.24) is 10.2 Å². The Labute approximate surface area is 257 Å². The van der Waals surface area contributed by atoms with Crippen molar-refractivity contribution in [1.29, 1.82) is 0 Å². The topological polar surface area (TPSA) is 86.8 Å². The van der Waals surface area contributed by atoms with Crippen molar-refractivity contribution < 1.29 is 22.4 Å². The van der Waals surface area contributed by atoms with Gasteiger partial charge in [-0.25, -0.2) is 12.8 Å². The van der Waals surface area contributed by atoms with E-state index >= 15 is 0 Å². The second kappa shape index (κ2) is 12.1. The zero-order valence-corrected chi connectivity index (χ0v) is 26.0. The number of allylic oxidation sites excluding steroid dienone is 1. The zero-order valence-electron chi connectivity index (χ0n) is 24.4. The van der Waals surface area contributed by atoms with Crippen LogP contribution in [-0.4, -0.2) is 44.3 Å². The van der Waals surface area contributed by atoms with Crippen LogP contribution in [0, 0.1) is 5.82 Å². The monoisotopic (exact) mass is 623 g/mol. The summed E-state index contributed by atoms with van der Waals surface area (Å²) in [5.74, 6) is -0.862. The first-order chi connectivity index (χ1) is 20.4. The molecule has 0 aliphatic carbocycles. The Morgan fingerprint density at radius 3 is 2.33 bits per heavy atom. The number of nitrogens with one attached hydrogen (secondary N) is 1. The van der Waals surface area contributed by atoms with Crippen molar-refractivity contribution >= 4 is 39.1 Å². The third kappa shape index (κ3) is 5.93. The molecular formula is C33H35ClFN3O4S. The molecule has 1 N–H and O–H groups in total. The lowest BCUT2D eigenvalue weighted by Crippen LogP contribution is -2.53. The highest BCUT2D eigenvalue weighted by atomic mass is 35.5. The molecule has 3 aromatic carbocycles. The molecular weight excluding hydrogens is 589 g/mol. The van der Waals surface area contributed by atoms with E-state index in [1.807, 2.05) is 38.1 Å². The summed E-state index contributed by atoms with van der Waals surface area (Å²) in [6.07, 6.45) is 3.52. The fourth-order valence-electron chi connectivity index (χ4n) is 6.27. The molecule has 0 aromatic heterocycles. The number of rotatable bonds is 7. The minimum absolute atomic E-state index is 0.0122. The fourth-order valence-corrected chi connectivity index (χ4v) is 8.22. The Morgan fingerprint density at radius 2 is 1.70 bits per heavy atom. The standard InChI is InChI=1S/C33H35ClFN3O4S/c1-22(2)8-15-31-33(16-18-37(19-17-33)23(3)39)28-20-24(32(40)36-21-25-6-4-5-7-29(25)34)9-14-30(28)38(31)43(41,42)27-12-10-26(35)11-13-27/h4-14,20,31H,15-19,21H2,1-3H3,(H,36,40). The van der Waals surface area contributed by atoms with Gasteiger partial charge in [0.1, 0.15) is 5.82 Å². The van der Waals surface area contributed by atoms with Gasteiger partial charge in [-0.3, -0.25) is 13.9 Å². The molecule has 43 heavy (non-hydrogen) atoms. The van der Waals surface area contributed by atoms with E-state index in [2.05, 4.69) is 5.32 Å². The molecule has 2 heterocycles. The molecule has 1 atom stereocenters. The predicted molar refractivity (Wildman–Crippen MR) is 166 cm³/mol. The largest absolute Gasteiger partial charge is 0.348 e. The molecule has 2 amide bonds. The first-order valence-corrected chi connectivity index (χ1v) is 16.1. The van der Waals surface area contributed by atoms with E-state index in [1.165, 1.54) is 23.4 Å². The summed E-state index contributed by atoms with van der Waals surface area (Å²) in [5.41, 5.74) is 2.84. The van der Waals surface area contributed by atoms with E-state index in [0.717, 1.165) is 28.8 Å². The van der Waals surface area contributed by atoms with Crippen molar-refractivity contribution in [3.05, 3.63) is 106 Å². The summed E-state index contributed by atoms with van der Waals surface area (Å²) >= 11 is 6.28. The van der Waals surface area contributed by atoms with Gasteiger partial charge < -0.3 is 10.2 Å². The number of nitrogens with zero attached hydrogens (tertiary/aromatic N) is 2. The summed E-state index contributed by atoms with van der Waals surface area (Å²) in [6, 6.07) is 16.7. The second-order valence-electron chi connectivity index (χ2n) is 11.5. The van der Waals surface area contributed by atoms with Crippen LogP contribution in [0.15, 0.2) is 83.3 Å². The third-order valence-corrected chi connectivity index (χ3v) is 10.8. The van der Waals surface area contributed by atoms with Gasteiger partial charge in [-0.05, 0) is 92.8 Å². The molecule has 1 fully saturated rings. The Balaban J connectivity index is 1.61. The van der Waals surface area contributed by atoms with Crippen molar-refractivity contribution in [3.63, 3.8) is 0 Å². The summed E-state index contributed by atoms with van der Waals surface area (Å²) in [7, 11) is -4.11. The predicted octanol–water partition coefficient (Wildman–Crippen LogP) is 6.22. The highest BCUT2D eigenvalue weighted by Crippen LogP contribution is 2.54. The highest BCUT2D eigenvalue weighted by Gasteiger charge is 2.55. The first kappa shape index (κ1) is 30.8. The molecule has 0 saturated carbocycles. The van der Waals surface area contributed by atoms with Gasteiger partial charge in [0.05, 0.1) is 16.6 Å². The number of carbonyl (C=O) groups excluding carboxylic acids is 2. The maximum absolute atomic E-state index is 14.3. The van der Waals surface area contributed by atoms with Crippen LogP contribution >= 0.6 is 11.6 Å². The van der Waals surface area contributed by atoms with Crippen molar-refractivity contribution in [2.45, 2.75) is 62.9 Å². The zero-order chi connectivity index (χ0) is 30.9. The summed E-state index contributed by atoms with van der Waals surface area (Å²) in [6.45, 7) is 6.64. The summed E-state index contributed by atoms with van der Waals surface area (Å²) in [5, 5.41) is 3.48. The van der Waals surface area contributed by atoms with Gasteiger partial charge in [0.2, 0.25) is 5.91 Å². The number of hydrogen-bond donors (Lipinski definition) is 1. The van der Waals surface area contributed by atoms with Gasteiger partial charge in [0.25, 0.3) is 15.9 Å². The van der Waals surface area contributed by atoms with Gasteiger partial charge in [-0.2, -0.15) is 0 Å². The lowest BCUT2D eigenvalue weighted by Gasteiger charge is -2.44. The quantitative estimate of drug-likeness (QED) is 0.317. The van der Waals surface area contributed by atoms with E-state index < -0.39 is 27.3 Å². The van der Waals surface area contributed by atoms with E-state index in [-0.39, 0.29) is 23.3 Å². The van der Waals surface area contributed by atoms with Gasteiger partial charge in [-0.15, -0.1) is 0 Å². The van der Waals surface area contributed by atoms with Crippen LogP contribution in [0.5, 0.6) is 0 Å². The Hall–Kier alpha value is -3.69. The Kier molecular flexibility index (Phi) is 8.68. The number of benzene rings is 3. The number of anilines is 1. The van der Waals surface area contributed by atoms with Crippen molar-refractivity contribution in [3.8, 4) is 0 Å². The maximum Gasteiger partial charge on any atom is 0.264 e. The van der Waals surface area contributed by atoms with Crippen molar-refractivity contribution in [2.75, 3.05) is 17.4 Å². The third-order valence-electron chi connectivity index (χ3n) is 8.57. The minimum Gasteiger partial charge on any atom is -0.348 e. The van der Waals surface area contributed by atoms with Crippen LogP contribution in [0.2, 0.25) is 5.02 Å². The molecule has 1 saturated heterocycles. The number of likely N-dealkylation sites (tertiary alicyclic amines) is 1. The number of piperidine rings is 1. The molecule has 10 heteroatoms. The average Bonchev–Trinajstić information content (AvgIpc) is 3.24. The molecule has 0 bridgehead atoms. The van der Waals surface area contributed by atoms with Gasteiger partial charge in [-0.1, -0.05) is 41.4 Å². The van der Waals surface area contributed by atoms with E-state index in [1.54, 1.807) is 29.2 Å². The number of carbonyl (C=O) groups is 2. The van der Waals surface area contributed by atoms with E-state index in [4.69, 9.17) is 11.6 Å². The molecule has 1 unspecified atom stereocenters. The van der Waals surface area contributed by atoms with Crippen LogP contribution in [0.25, 0.3) is 0 Å². The number of hydrogen-bond acceptors (Lipinski definition) is 4. The number of fused-ring (bicyclic) bond motifs is 2. The van der Waals surface area contributed by atoms with Gasteiger partial charge in [0.15, 0.2) is 0 Å². The first-order valence-electron chi connectivity index (χ1n) is 14.3. The molecule has 5 rings (SSSR count). The van der Waals surface area contributed by atoms with E-state index in [0.29, 0.717) is 48.6 Å². The average molecular weight is 624 g/mol. The Bertz CT molecular complexity index is 1680. The van der Waals surface area contributed by atoms with Gasteiger partial charge in [0, 0.05) is 42.6 Å². The molecule has 1 spiro atoms. The van der Waals surface area contributed by atoms with Crippen LogP contribution < -0.4 is 9.62 Å². The molecule has 2 aliphatic rings. The van der Waals surface area contributed by atoms with Crippen molar-refractivity contribution in [2.24, 2.45) is 0 Å². The van der Waals surface area contributed by atoms with Gasteiger partial charge >= 0.3 is 0 Å². The number of halogens is 2. The van der Waals surface area contributed by atoms with Crippen LogP contribution in [0.3, 0.4) is 0 Å². The Morgan fingerprint density at radius 1 is 1.02 bits per heavy atom. The molecule has 2 aliphatic heterocycles. The normalized spacial score (nSPS) is 17.5. The minimum atomic E-state index is -4.11. The maximum atomic E-state index is 14.3. The number of amides is 2. The molecule has 3 aromatic rings. The summed E-state index contributed by atoms with van der Waals surface area (Å²) < 4.78 is 43.8. The SMILES string of the molecule is CC(=O)N1CCC2(CC1)c1cc(C(=O)NCc3ccccc3Cl)ccc1N(S(=O)(=O)c1ccc(F)cc1)C2CC=C(C)C. The molecule has 226 valence electrons. The highest BCUT2D eigenvalue weighted by molar-refractivity contribution is 7.92. The fraction of sp³-hybridized carbons (Fsp3) is 0.333. The van der Waals surface area contributed by atoms with Crippen LogP contribution in [0.1, 0.15) is 61.5 Å². The van der Waals surface area contributed by atoms with E-state index in [9.17, 15) is 22.4 Å². The number of sulfonamides is 1. The second-order valence-corrected chi connectivity index (χ2v) is 13.7. The lowest BCUT2D eigenvalue weighted by molar-refractivity contribution is -0.130. The van der Waals surface area contributed by atoms with Crippen LogP contribution in [-0.2, 0) is 26.8 Å². The summed E-state index contributed by atoms with van der Waals surface area (Å²) in [4.78, 5) is 27.4.